The number of nitro benzene ring substituents is 1. The van der Waals surface area contributed by atoms with Crippen LogP contribution in [0.15, 0.2) is 48.5 Å². The molecule has 10 heteroatoms. The lowest BCUT2D eigenvalue weighted by Crippen LogP contribution is -2.42. The van der Waals surface area contributed by atoms with Crippen molar-refractivity contribution in [1.29, 1.82) is 0 Å². The number of non-ortho nitro benzene ring substituents is 1. The van der Waals surface area contributed by atoms with Gasteiger partial charge in [-0.25, -0.2) is 0 Å². The standard InChI is InChI=1S/C17H15F3N2O5/c18-17(19,20)12-5-1-11(2-6-12)16(25)21-14(9-23)15(24)10-3-7-13(8-4-10)22(26)27/h1-8,14-15,23-24H,9H2,(H,21,25)/t14-,15+/m1/s1. The number of nitrogens with one attached hydrogen (secondary N) is 1. The van der Waals surface area contributed by atoms with Gasteiger partial charge in [-0.1, -0.05) is 0 Å². The number of hydrogen-bond acceptors (Lipinski definition) is 5. The van der Waals surface area contributed by atoms with Crippen molar-refractivity contribution in [2.45, 2.75) is 18.3 Å². The fourth-order valence-electron chi connectivity index (χ4n) is 2.31. The Balaban J connectivity index is 2.10. The first-order valence-electron chi connectivity index (χ1n) is 7.65. The zero-order valence-corrected chi connectivity index (χ0v) is 13.7. The van der Waals surface area contributed by atoms with Crippen molar-refractivity contribution in [2.24, 2.45) is 0 Å². The Labute approximate surface area is 151 Å². The van der Waals surface area contributed by atoms with Crippen LogP contribution in [0.1, 0.15) is 27.6 Å². The molecule has 2 atom stereocenters. The van der Waals surface area contributed by atoms with Crippen LogP contribution in [0.2, 0.25) is 0 Å². The Morgan fingerprint density at radius 3 is 2.11 bits per heavy atom. The minimum atomic E-state index is -4.53. The summed E-state index contributed by atoms with van der Waals surface area (Å²) in [4.78, 5) is 22.2. The van der Waals surface area contributed by atoms with E-state index in [1.165, 1.54) is 12.1 Å². The summed E-state index contributed by atoms with van der Waals surface area (Å²) in [5.74, 6) is -0.788. The van der Waals surface area contributed by atoms with Gasteiger partial charge in [-0.3, -0.25) is 14.9 Å². The zero-order valence-electron chi connectivity index (χ0n) is 13.7. The van der Waals surface area contributed by atoms with E-state index in [9.17, 15) is 38.3 Å². The number of carbonyl (C=O) groups excluding carboxylic acids is 1. The summed E-state index contributed by atoms with van der Waals surface area (Å²) in [6.45, 7) is -0.662. The van der Waals surface area contributed by atoms with Gasteiger partial charge < -0.3 is 15.5 Å². The van der Waals surface area contributed by atoms with E-state index < -0.39 is 41.3 Å². The molecule has 0 fully saturated rings. The predicted molar refractivity (Wildman–Crippen MR) is 87.8 cm³/mol. The monoisotopic (exact) mass is 384 g/mol. The Bertz CT molecular complexity index is 807. The second-order valence-electron chi connectivity index (χ2n) is 5.63. The summed E-state index contributed by atoms with van der Waals surface area (Å²) in [5.41, 5.74) is -0.978. The van der Waals surface area contributed by atoms with Crippen LogP contribution in [-0.4, -0.2) is 33.7 Å². The second-order valence-corrected chi connectivity index (χ2v) is 5.63. The first-order chi connectivity index (χ1) is 12.6. The van der Waals surface area contributed by atoms with Crippen molar-refractivity contribution in [3.05, 3.63) is 75.3 Å². The number of nitrogens with zero attached hydrogens (tertiary/aromatic N) is 1. The third-order valence-electron chi connectivity index (χ3n) is 3.81. The maximum atomic E-state index is 12.5. The van der Waals surface area contributed by atoms with Gasteiger partial charge in [0.1, 0.15) is 6.10 Å². The van der Waals surface area contributed by atoms with E-state index in [2.05, 4.69) is 5.32 Å². The van der Waals surface area contributed by atoms with Crippen LogP contribution in [0.25, 0.3) is 0 Å². The molecule has 1 amide bonds. The van der Waals surface area contributed by atoms with Gasteiger partial charge >= 0.3 is 6.18 Å². The lowest BCUT2D eigenvalue weighted by Gasteiger charge is -2.22. The van der Waals surface area contributed by atoms with E-state index in [0.717, 1.165) is 36.4 Å². The largest absolute Gasteiger partial charge is 0.416 e. The van der Waals surface area contributed by atoms with E-state index in [1.54, 1.807) is 0 Å². The number of amides is 1. The Hall–Kier alpha value is -2.98. The molecule has 0 aromatic heterocycles. The molecule has 0 heterocycles. The van der Waals surface area contributed by atoms with Crippen molar-refractivity contribution >= 4 is 11.6 Å². The highest BCUT2D eigenvalue weighted by Gasteiger charge is 2.30. The van der Waals surface area contributed by atoms with Crippen LogP contribution in [0.3, 0.4) is 0 Å². The molecule has 0 aliphatic rings. The van der Waals surface area contributed by atoms with Gasteiger partial charge in [0.2, 0.25) is 0 Å². The first kappa shape index (κ1) is 20.3. The van der Waals surface area contributed by atoms with Gasteiger partial charge in [-0.15, -0.1) is 0 Å². The quantitative estimate of drug-likeness (QED) is 0.523. The molecular weight excluding hydrogens is 369 g/mol. The minimum absolute atomic E-state index is 0.0858. The molecule has 0 unspecified atom stereocenters. The molecule has 2 rings (SSSR count). The summed E-state index contributed by atoms with van der Waals surface area (Å²) < 4.78 is 37.6. The molecule has 27 heavy (non-hydrogen) atoms. The number of carbonyl (C=O) groups is 1. The van der Waals surface area contributed by atoms with E-state index in [1.807, 2.05) is 0 Å². The van der Waals surface area contributed by atoms with Crippen LogP contribution in [0.5, 0.6) is 0 Å². The highest BCUT2D eigenvalue weighted by Crippen LogP contribution is 2.29. The summed E-state index contributed by atoms with van der Waals surface area (Å²) >= 11 is 0. The Kier molecular flexibility index (Phi) is 6.13. The lowest BCUT2D eigenvalue weighted by molar-refractivity contribution is -0.384. The van der Waals surface area contributed by atoms with Gasteiger partial charge in [-0.05, 0) is 42.0 Å². The zero-order chi connectivity index (χ0) is 20.2. The normalized spacial score (nSPS) is 13.7. The maximum Gasteiger partial charge on any atom is 0.416 e. The molecule has 0 aliphatic carbocycles. The highest BCUT2D eigenvalue weighted by molar-refractivity contribution is 5.94. The molecule has 144 valence electrons. The molecule has 0 spiro atoms. The van der Waals surface area contributed by atoms with Crippen LogP contribution < -0.4 is 5.32 Å². The molecule has 2 aromatic carbocycles. The van der Waals surface area contributed by atoms with Gasteiger partial charge in [0.25, 0.3) is 11.6 Å². The van der Waals surface area contributed by atoms with E-state index in [-0.39, 0.29) is 16.8 Å². The van der Waals surface area contributed by atoms with E-state index in [0.29, 0.717) is 0 Å². The molecule has 0 radical (unpaired) electrons. The van der Waals surface area contributed by atoms with E-state index >= 15 is 0 Å². The SMILES string of the molecule is O=C(N[C@H](CO)[C@@H](O)c1ccc([N+](=O)[O-])cc1)c1ccc(C(F)(F)F)cc1. The number of benzene rings is 2. The van der Waals surface area contributed by atoms with Crippen LogP contribution in [0, 0.1) is 10.1 Å². The number of nitro groups is 1. The van der Waals surface area contributed by atoms with Crippen LogP contribution in [0.4, 0.5) is 18.9 Å². The van der Waals surface area contributed by atoms with Crippen LogP contribution in [-0.2, 0) is 6.18 Å². The van der Waals surface area contributed by atoms with Crippen molar-refractivity contribution in [2.75, 3.05) is 6.61 Å². The summed E-state index contributed by atoms with van der Waals surface area (Å²) in [7, 11) is 0. The number of hydrogen-bond donors (Lipinski definition) is 3. The lowest BCUT2D eigenvalue weighted by atomic mass is 10.0. The fraction of sp³-hybridized carbons (Fsp3) is 0.235. The highest BCUT2D eigenvalue weighted by atomic mass is 19.4. The number of halogens is 3. The smallest absolute Gasteiger partial charge is 0.394 e. The molecule has 3 N–H and O–H groups in total. The molecule has 2 aromatic rings. The average molecular weight is 384 g/mol. The number of rotatable bonds is 6. The molecular formula is C17H15F3N2O5. The Morgan fingerprint density at radius 2 is 1.67 bits per heavy atom. The predicted octanol–water partition coefficient (Wildman–Crippen LogP) is 2.44. The molecule has 7 nitrogen and oxygen atoms in total. The Morgan fingerprint density at radius 1 is 1.11 bits per heavy atom. The minimum Gasteiger partial charge on any atom is -0.394 e. The number of aliphatic hydroxyl groups excluding tert-OH is 2. The summed E-state index contributed by atoms with van der Waals surface area (Å²) in [6.07, 6.45) is -5.91. The second kappa shape index (κ2) is 8.14. The molecule has 0 aliphatic heterocycles. The third kappa shape index (κ3) is 5.02. The molecule has 0 bridgehead atoms. The van der Waals surface area contributed by atoms with Gasteiger partial charge in [0.15, 0.2) is 0 Å². The summed E-state index contributed by atoms with van der Waals surface area (Å²) in [5, 5.41) is 32.6. The maximum absolute atomic E-state index is 12.5. The summed E-state index contributed by atoms with van der Waals surface area (Å²) in [6, 6.07) is 7.14. The average Bonchev–Trinajstić information content (AvgIpc) is 2.64. The van der Waals surface area contributed by atoms with Crippen molar-refractivity contribution in [3.8, 4) is 0 Å². The van der Waals surface area contributed by atoms with Crippen molar-refractivity contribution < 1.29 is 33.1 Å². The number of alkyl halides is 3. The van der Waals surface area contributed by atoms with Gasteiger partial charge in [-0.2, -0.15) is 13.2 Å². The first-order valence-corrected chi connectivity index (χ1v) is 7.65. The number of aliphatic hydroxyl groups is 2. The van der Waals surface area contributed by atoms with E-state index in [4.69, 9.17) is 0 Å². The van der Waals surface area contributed by atoms with Crippen molar-refractivity contribution in [1.82, 2.24) is 5.32 Å². The molecule has 0 saturated heterocycles. The third-order valence-corrected chi connectivity index (χ3v) is 3.81. The molecule has 0 saturated carbocycles. The van der Waals surface area contributed by atoms with Crippen LogP contribution >= 0.6 is 0 Å². The van der Waals surface area contributed by atoms with Gasteiger partial charge in [0.05, 0.1) is 23.1 Å². The van der Waals surface area contributed by atoms with Crippen molar-refractivity contribution in [3.63, 3.8) is 0 Å². The topological polar surface area (TPSA) is 113 Å². The van der Waals surface area contributed by atoms with Gasteiger partial charge in [0, 0.05) is 17.7 Å². The fourth-order valence-corrected chi connectivity index (χ4v) is 2.31.